The van der Waals surface area contributed by atoms with E-state index >= 15 is 0 Å². The number of pyridine rings is 1. The monoisotopic (exact) mass is 236 g/mol. The van der Waals surface area contributed by atoms with Gasteiger partial charge in [-0.25, -0.2) is 4.98 Å². The predicted molar refractivity (Wildman–Crippen MR) is 60.3 cm³/mol. The van der Waals surface area contributed by atoms with E-state index in [4.69, 9.17) is 22.1 Å². The topological polar surface area (TPSA) is 48.1 Å². The second-order valence-corrected chi connectivity index (χ2v) is 3.18. The maximum Gasteiger partial charge on any atom is 0.232 e. The molecule has 1 aromatic rings. The normalized spacial score (nSPS) is 11.7. The Hall–Kier alpha value is -0.510. The molecule has 0 fully saturated rings. The highest BCUT2D eigenvalue weighted by Gasteiger charge is 2.06. The van der Waals surface area contributed by atoms with E-state index in [1.807, 2.05) is 13.8 Å². The average Bonchev–Trinajstić information content (AvgIpc) is 2.08. The third-order valence-corrected chi connectivity index (χ3v) is 1.91. The Morgan fingerprint density at radius 3 is 2.71 bits per heavy atom. The van der Waals surface area contributed by atoms with Gasteiger partial charge in [0.2, 0.25) is 5.88 Å². The molecule has 0 saturated carbocycles. The fourth-order valence-electron chi connectivity index (χ4n) is 0.932. The summed E-state index contributed by atoms with van der Waals surface area (Å²) in [5.74, 6) is 0.466. The highest BCUT2D eigenvalue weighted by molar-refractivity contribution is 6.31. The zero-order valence-electron chi connectivity index (χ0n) is 8.16. The van der Waals surface area contributed by atoms with Crippen LogP contribution in [-0.2, 0) is 0 Å². The first-order chi connectivity index (χ1) is 6.15. The van der Waals surface area contributed by atoms with Crippen LogP contribution in [0.15, 0.2) is 12.3 Å². The number of aromatic nitrogens is 1. The zero-order chi connectivity index (χ0) is 9.84. The number of nitrogens with zero attached hydrogens (tertiary/aromatic N) is 1. The number of rotatable bonds is 3. The van der Waals surface area contributed by atoms with Crippen LogP contribution in [0, 0.1) is 0 Å². The summed E-state index contributed by atoms with van der Waals surface area (Å²) in [5, 5.41) is 0.511. The van der Waals surface area contributed by atoms with Gasteiger partial charge in [0.25, 0.3) is 0 Å². The minimum atomic E-state index is -0.0549. The van der Waals surface area contributed by atoms with Crippen molar-refractivity contribution in [1.29, 1.82) is 0 Å². The zero-order valence-corrected chi connectivity index (χ0v) is 9.73. The first-order valence-electron chi connectivity index (χ1n) is 4.19. The number of hydrogen-bond donors (Lipinski definition) is 1. The van der Waals surface area contributed by atoms with E-state index in [1.165, 1.54) is 0 Å². The van der Waals surface area contributed by atoms with Crippen LogP contribution in [0.2, 0.25) is 5.02 Å². The van der Waals surface area contributed by atoms with E-state index in [2.05, 4.69) is 4.98 Å². The lowest BCUT2D eigenvalue weighted by Gasteiger charge is -2.08. The van der Waals surface area contributed by atoms with Crippen molar-refractivity contribution in [2.24, 2.45) is 5.73 Å². The average molecular weight is 237 g/mol. The summed E-state index contributed by atoms with van der Waals surface area (Å²) in [6, 6.07) is 1.73. The van der Waals surface area contributed by atoms with Crippen LogP contribution in [0.4, 0.5) is 0 Å². The molecule has 2 N–H and O–H groups in total. The minimum Gasteiger partial charge on any atom is -0.477 e. The molecule has 0 aliphatic carbocycles. The Morgan fingerprint density at radius 2 is 2.29 bits per heavy atom. The van der Waals surface area contributed by atoms with E-state index in [0.717, 1.165) is 5.56 Å². The molecule has 5 heteroatoms. The van der Waals surface area contributed by atoms with Gasteiger partial charge in [0, 0.05) is 12.2 Å². The number of ether oxygens (including phenoxy) is 1. The van der Waals surface area contributed by atoms with Crippen molar-refractivity contribution in [3.63, 3.8) is 0 Å². The van der Waals surface area contributed by atoms with Crippen LogP contribution >= 0.6 is 24.0 Å². The van der Waals surface area contributed by atoms with Crippen LogP contribution in [0.25, 0.3) is 0 Å². The smallest absolute Gasteiger partial charge is 0.232 e. The van der Waals surface area contributed by atoms with Crippen LogP contribution in [0.5, 0.6) is 5.88 Å². The van der Waals surface area contributed by atoms with Gasteiger partial charge in [-0.3, -0.25) is 0 Å². The Kier molecular flexibility index (Phi) is 5.84. The van der Waals surface area contributed by atoms with Crippen molar-refractivity contribution in [3.8, 4) is 5.88 Å². The molecule has 0 amide bonds. The molecule has 0 aromatic carbocycles. The van der Waals surface area contributed by atoms with Crippen molar-refractivity contribution in [2.45, 2.75) is 19.9 Å². The Balaban J connectivity index is 0.00000169. The third kappa shape index (κ3) is 3.33. The molecular weight excluding hydrogens is 223 g/mol. The van der Waals surface area contributed by atoms with E-state index in [1.54, 1.807) is 12.3 Å². The molecule has 0 bridgehead atoms. The standard InChI is InChI=1S/C9H13ClN2O.ClH/c1-3-13-9-8(10)4-7(5-12-9)6(2)11;/h4-6H,3,11H2,1-2H3;1H. The van der Waals surface area contributed by atoms with Crippen LogP contribution in [-0.4, -0.2) is 11.6 Å². The van der Waals surface area contributed by atoms with Gasteiger partial charge in [-0.2, -0.15) is 0 Å². The quantitative estimate of drug-likeness (QED) is 0.878. The summed E-state index contributed by atoms with van der Waals surface area (Å²) < 4.78 is 5.19. The molecular formula is C9H14Cl2N2O. The highest BCUT2D eigenvalue weighted by Crippen LogP contribution is 2.24. The van der Waals surface area contributed by atoms with Gasteiger partial charge in [-0.05, 0) is 25.5 Å². The fraction of sp³-hybridized carbons (Fsp3) is 0.444. The van der Waals surface area contributed by atoms with Crippen molar-refractivity contribution in [1.82, 2.24) is 4.98 Å². The number of halogens is 2. The summed E-state index contributed by atoms with van der Waals surface area (Å²) in [6.07, 6.45) is 1.68. The third-order valence-electron chi connectivity index (χ3n) is 1.64. The van der Waals surface area contributed by atoms with Crippen LogP contribution in [0.1, 0.15) is 25.5 Å². The molecule has 0 aliphatic heterocycles. The lowest BCUT2D eigenvalue weighted by Crippen LogP contribution is -2.06. The molecule has 1 unspecified atom stereocenters. The molecule has 0 radical (unpaired) electrons. The highest BCUT2D eigenvalue weighted by atomic mass is 35.5. The maximum atomic E-state index is 5.91. The first kappa shape index (κ1) is 13.5. The molecule has 80 valence electrons. The number of nitrogens with two attached hydrogens (primary N) is 1. The molecule has 3 nitrogen and oxygen atoms in total. The van der Waals surface area contributed by atoms with E-state index in [9.17, 15) is 0 Å². The van der Waals surface area contributed by atoms with E-state index in [-0.39, 0.29) is 18.4 Å². The molecule has 1 aromatic heterocycles. The van der Waals surface area contributed by atoms with Gasteiger partial charge in [0.15, 0.2) is 0 Å². The Labute approximate surface area is 95.0 Å². The van der Waals surface area contributed by atoms with Gasteiger partial charge in [0.05, 0.1) is 6.61 Å². The molecule has 0 saturated heterocycles. The fourth-order valence-corrected chi connectivity index (χ4v) is 1.16. The van der Waals surface area contributed by atoms with E-state index < -0.39 is 0 Å². The van der Waals surface area contributed by atoms with Gasteiger partial charge in [-0.15, -0.1) is 12.4 Å². The second-order valence-electron chi connectivity index (χ2n) is 2.78. The second kappa shape index (κ2) is 6.06. The molecule has 1 rings (SSSR count). The maximum absolute atomic E-state index is 5.91. The van der Waals surface area contributed by atoms with Gasteiger partial charge in [-0.1, -0.05) is 11.6 Å². The number of hydrogen-bond acceptors (Lipinski definition) is 3. The lowest BCUT2D eigenvalue weighted by molar-refractivity contribution is 0.327. The Morgan fingerprint density at radius 1 is 1.64 bits per heavy atom. The molecule has 1 atom stereocenters. The Bertz CT molecular complexity index is 292. The van der Waals surface area contributed by atoms with Gasteiger partial charge in [0.1, 0.15) is 5.02 Å². The summed E-state index contributed by atoms with van der Waals surface area (Å²) in [6.45, 7) is 4.33. The van der Waals surface area contributed by atoms with Crippen molar-refractivity contribution < 1.29 is 4.74 Å². The summed E-state index contributed by atoms with van der Waals surface area (Å²) in [5.41, 5.74) is 6.58. The summed E-state index contributed by atoms with van der Waals surface area (Å²) in [7, 11) is 0. The SMILES string of the molecule is CCOc1ncc(C(C)N)cc1Cl.Cl. The van der Waals surface area contributed by atoms with Crippen LogP contribution in [0.3, 0.4) is 0 Å². The molecule has 0 aliphatic rings. The predicted octanol–water partition coefficient (Wildman–Crippen LogP) is 2.58. The molecule has 1 heterocycles. The largest absolute Gasteiger partial charge is 0.477 e. The van der Waals surface area contributed by atoms with Crippen molar-refractivity contribution >= 4 is 24.0 Å². The molecule has 14 heavy (non-hydrogen) atoms. The van der Waals surface area contributed by atoms with Gasteiger partial charge < -0.3 is 10.5 Å². The summed E-state index contributed by atoms with van der Waals surface area (Å²) in [4.78, 5) is 4.06. The van der Waals surface area contributed by atoms with Crippen molar-refractivity contribution in [2.75, 3.05) is 6.61 Å². The van der Waals surface area contributed by atoms with Crippen LogP contribution < -0.4 is 10.5 Å². The van der Waals surface area contributed by atoms with Crippen molar-refractivity contribution in [3.05, 3.63) is 22.8 Å². The first-order valence-corrected chi connectivity index (χ1v) is 4.56. The summed E-state index contributed by atoms with van der Waals surface area (Å²) >= 11 is 5.91. The van der Waals surface area contributed by atoms with E-state index in [0.29, 0.717) is 17.5 Å². The minimum absolute atomic E-state index is 0. The lowest BCUT2D eigenvalue weighted by atomic mass is 10.2. The molecule has 0 spiro atoms. The van der Waals surface area contributed by atoms with Gasteiger partial charge >= 0.3 is 0 Å².